The van der Waals surface area contributed by atoms with E-state index in [1.54, 1.807) is 6.07 Å². The third-order valence-corrected chi connectivity index (χ3v) is 3.57. The number of hydrogen-bond donors (Lipinski definition) is 1. The van der Waals surface area contributed by atoms with E-state index in [2.05, 4.69) is 11.8 Å². The van der Waals surface area contributed by atoms with Gasteiger partial charge < -0.3 is 15.4 Å². The summed E-state index contributed by atoms with van der Waals surface area (Å²) in [5, 5.41) is 0. The second kappa shape index (κ2) is 6.98. The fourth-order valence-corrected chi connectivity index (χ4v) is 2.51. The minimum Gasteiger partial charge on any atom is -0.377 e. The molecule has 0 aliphatic carbocycles. The Hall–Kier alpha value is -0.970. The molecule has 2 rings (SSSR count). The van der Waals surface area contributed by atoms with Crippen molar-refractivity contribution in [1.82, 2.24) is 4.90 Å². The maximum absolute atomic E-state index is 13.1. The summed E-state index contributed by atoms with van der Waals surface area (Å²) in [6.45, 7) is 5.89. The number of nitrogens with zero attached hydrogens (tertiary/aromatic N) is 1. The van der Waals surface area contributed by atoms with Crippen LogP contribution in [0.15, 0.2) is 24.3 Å². The molecule has 2 atom stereocenters. The van der Waals surface area contributed by atoms with Crippen LogP contribution in [0.1, 0.15) is 31.4 Å². The molecule has 0 radical (unpaired) electrons. The molecule has 106 valence electrons. The van der Waals surface area contributed by atoms with E-state index in [1.165, 1.54) is 12.1 Å². The van der Waals surface area contributed by atoms with E-state index in [0.717, 1.165) is 44.6 Å². The summed E-state index contributed by atoms with van der Waals surface area (Å²) in [5.74, 6) is -0.218. The van der Waals surface area contributed by atoms with Crippen molar-refractivity contribution in [3.05, 3.63) is 35.6 Å². The first-order valence-corrected chi connectivity index (χ1v) is 7.00. The van der Waals surface area contributed by atoms with Crippen LogP contribution in [0.25, 0.3) is 0 Å². The van der Waals surface area contributed by atoms with E-state index in [1.807, 2.05) is 6.07 Å². The summed E-state index contributed by atoms with van der Waals surface area (Å²) in [7, 11) is 0. The van der Waals surface area contributed by atoms with Crippen LogP contribution in [0.2, 0.25) is 0 Å². The van der Waals surface area contributed by atoms with Gasteiger partial charge in [0.1, 0.15) is 5.82 Å². The number of halogens is 1. The molecule has 1 aromatic rings. The van der Waals surface area contributed by atoms with E-state index in [4.69, 9.17) is 10.5 Å². The summed E-state index contributed by atoms with van der Waals surface area (Å²) in [6.07, 6.45) is 2.20. The second-order valence-corrected chi connectivity index (χ2v) is 5.29. The highest BCUT2D eigenvalue weighted by molar-refractivity contribution is 5.19. The minimum atomic E-state index is -0.218. The minimum absolute atomic E-state index is 0.102. The molecule has 19 heavy (non-hydrogen) atoms. The Labute approximate surface area is 114 Å². The second-order valence-electron chi connectivity index (χ2n) is 5.29. The van der Waals surface area contributed by atoms with Crippen molar-refractivity contribution in [2.45, 2.75) is 31.9 Å². The molecule has 1 saturated heterocycles. The molecule has 2 N–H and O–H groups in total. The van der Waals surface area contributed by atoms with Gasteiger partial charge >= 0.3 is 0 Å². The maximum Gasteiger partial charge on any atom is 0.123 e. The van der Waals surface area contributed by atoms with Gasteiger partial charge in [-0.3, -0.25) is 0 Å². The van der Waals surface area contributed by atoms with Crippen LogP contribution in [-0.4, -0.2) is 37.2 Å². The Morgan fingerprint density at radius 3 is 3.16 bits per heavy atom. The summed E-state index contributed by atoms with van der Waals surface area (Å²) < 4.78 is 18.8. The van der Waals surface area contributed by atoms with Crippen molar-refractivity contribution in [3.8, 4) is 0 Å². The summed E-state index contributed by atoms with van der Waals surface area (Å²) in [5.41, 5.74) is 7.00. The number of ether oxygens (including phenoxy) is 1. The van der Waals surface area contributed by atoms with Crippen molar-refractivity contribution in [1.29, 1.82) is 0 Å². The smallest absolute Gasteiger partial charge is 0.123 e. The average Bonchev–Trinajstić information content (AvgIpc) is 2.60. The molecule has 1 aromatic carbocycles. The Bertz CT molecular complexity index is 399. The maximum atomic E-state index is 13.1. The highest BCUT2D eigenvalue weighted by Gasteiger charge is 2.16. The summed E-state index contributed by atoms with van der Waals surface area (Å²) in [4.78, 5) is 2.39. The van der Waals surface area contributed by atoms with E-state index < -0.39 is 0 Å². The van der Waals surface area contributed by atoms with Gasteiger partial charge in [0.2, 0.25) is 0 Å². The van der Waals surface area contributed by atoms with Gasteiger partial charge in [0.05, 0.1) is 6.10 Å². The van der Waals surface area contributed by atoms with Gasteiger partial charge in [-0.15, -0.1) is 0 Å². The third kappa shape index (κ3) is 4.56. The van der Waals surface area contributed by atoms with E-state index in [0.29, 0.717) is 0 Å². The third-order valence-electron chi connectivity index (χ3n) is 3.57. The first kappa shape index (κ1) is 14.4. The first-order valence-electron chi connectivity index (χ1n) is 7.00. The van der Waals surface area contributed by atoms with Gasteiger partial charge in [-0.1, -0.05) is 12.1 Å². The molecule has 3 nitrogen and oxygen atoms in total. The van der Waals surface area contributed by atoms with Crippen LogP contribution in [0, 0.1) is 5.82 Å². The first-order chi connectivity index (χ1) is 9.15. The molecule has 0 saturated carbocycles. The van der Waals surface area contributed by atoms with Gasteiger partial charge in [-0.05, 0) is 37.5 Å². The highest BCUT2D eigenvalue weighted by atomic mass is 19.1. The average molecular weight is 266 g/mol. The molecule has 2 unspecified atom stereocenters. The van der Waals surface area contributed by atoms with Crippen LogP contribution in [0.3, 0.4) is 0 Å². The van der Waals surface area contributed by atoms with Crippen LogP contribution in [0.4, 0.5) is 4.39 Å². The molecular weight excluding hydrogens is 243 g/mol. The van der Waals surface area contributed by atoms with Crippen molar-refractivity contribution >= 4 is 0 Å². The van der Waals surface area contributed by atoms with E-state index >= 15 is 0 Å². The molecule has 0 amide bonds. The molecule has 4 heteroatoms. The zero-order valence-corrected chi connectivity index (χ0v) is 11.5. The molecule has 0 bridgehead atoms. The van der Waals surface area contributed by atoms with Crippen LogP contribution < -0.4 is 5.73 Å². The number of hydrogen-bond acceptors (Lipinski definition) is 3. The molecule has 0 aromatic heterocycles. The molecule has 1 fully saturated rings. The predicted molar refractivity (Wildman–Crippen MR) is 74.4 cm³/mol. The lowest BCUT2D eigenvalue weighted by Gasteiger charge is -2.23. The monoisotopic (exact) mass is 266 g/mol. The van der Waals surface area contributed by atoms with Crippen LogP contribution in [-0.2, 0) is 4.74 Å². The fraction of sp³-hybridized carbons (Fsp3) is 0.600. The van der Waals surface area contributed by atoms with Crippen molar-refractivity contribution in [2.75, 3.05) is 26.2 Å². The number of rotatable bonds is 4. The van der Waals surface area contributed by atoms with Crippen LogP contribution >= 0.6 is 0 Å². The molecule has 1 aliphatic rings. The predicted octanol–water partition coefficient (Wildman–Crippen LogP) is 2.33. The Kier molecular flexibility index (Phi) is 5.31. The SMILES string of the molecule is CC1CN(CCC(N)c2cccc(F)c2)CCCO1. The van der Waals surface area contributed by atoms with Gasteiger partial charge in [-0.2, -0.15) is 0 Å². The lowest BCUT2D eigenvalue weighted by Crippen LogP contribution is -2.32. The van der Waals surface area contributed by atoms with Crippen molar-refractivity contribution in [3.63, 3.8) is 0 Å². The zero-order chi connectivity index (χ0) is 13.7. The zero-order valence-electron chi connectivity index (χ0n) is 11.5. The van der Waals surface area contributed by atoms with Gasteiger partial charge in [0, 0.05) is 32.3 Å². The topological polar surface area (TPSA) is 38.5 Å². The molecular formula is C15H23FN2O. The van der Waals surface area contributed by atoms with Crippen molar-refractivity contribution in [2.24, 2.45) is 5.73 Å². The molecule has 0 spiro atoms. The molecule has 1 aliphatic heterocycles. The summed E-state index contributed by atoms with van der Waals surface area (Å²) >= 11 is 0. The number of benzene rings is 1. The van der Waals surface area contributed by atoms with Gasteiger partial charge in [0.25, 0.3) is 0 Å². The van der Waals surface area contributed by atoms with Crippen LogP contribution in [0.5, 0.6) is 0 Å². The van der Waals surface area contributed by atoms with E-state index in [9.17, 15) is 4.39 Å². The van der Waals surface area contributed by atoms with Gasteiger partial charge in [0.15, 0.2) is 0 Å². The lowest BCUT2D eigenvalue weighted by atomic mass is 10.0. The van der Waals surface area contributed by atoms with Gasteiger partial charge in [-0.25, -0.2) is 4.39 Å². The highest BCUT2D eigenvalue weighted by Crippen LogP contribution is 2.16. The van der Waals surface area contributed by atoms with Crippen molar-refractivity contribution < 1.29 is 9.13 Å². The molecule has 1 heterocycles. The Morgan fingerprint density at radius 1 is 1.53 bits per heavy atom. The Balaban J connectivity index is 1.84. The quantitative estimate of drug-likeness (QED) is 0.909. The number of nitrogens with two attached hydrogens (primary N) is 1. The summed E-state index contributed by atoms with van der Waals surface area (Å²) in [6, 6.07) is 6.48. The largest absolute Gasteiger partial charge is 0.377 e. The fourth-order valence-electron chi connectivity index (χ4n) is 2.51. The standard InChI is InChI=1S/C15H23FN2O/c1-12-11-18(7-3-9-19-12)8-6-15(17)13-4-2-5-14(16)10-13/h2,4-5,10,12,15H,3,6-9,11,17H2,1H3. The normalized spacial score (nSPS) is 23.0. The Morgan fingerprint density at radius 2 is 2.37 bits per heavy atom. The van der Waals surface area contributed by atoms with E-state index in [-0.39, 0.29) is 18.0 Å². The lowest BCUT2D eigenvalue weighted by molar-refractivity contribution is 0.0674.